The Morgan fingerprint density at radius 1 is 1.25 bits per heavy atom. The van der Waals surface area contributed by atoms with Crippen LogP contribution in [0, 0.1) is 6.92 Å². The van der Waals surface area contributed by atoms with Crippen molar-refractivity contribution >= 4 is 21.8 Å². The van der Waals surface area contributed by atoms with Gasteiger partial charge in [0.1, 0.15) is 6.23 Å². The van der Waals surface area contributed by atoms with E-state index in [1.807, 2.05) is 6.92 Å². The lowest BCUT2D eigenvalue weighted by Crippen LogP contribution is -2.52. The van der Waals surface area contributed by atoms with E-state index in [0.29, 0.717) is 13.0 Å². The Labute approximate surface area is 141 Å². The third kappa shape index (κ3) is 4.11. The van der Waals surface area contributed by atoms with Crippen LogP contribution in [0.25, 0.3) is 0 Å². The highest BCUT2D eigenvalue weighted by Crippen LogP contribution is 2.22. The molecule has 1 saturated heterocycles. The van der Waals surface area contributed by atoms with Crippen LogP contribution >= 0.6 is 0 Å². The van der Waals surface area contributed by atoms with Crippen LogP contribution in [0.4, 0.5) is 0 Å². The first-order valence-corrected chi connectivity index (χ1v) is 9.00. The van der Waals surface area contributed by atoms with Crippen LogP contribution < -0.4 is 10.6 Å². The minimum atomic E-state index is -3.75. The molecule has 0 aromatic heterocycles. The predicted octanol–water partition coefficient (Wildman–Crippen LogP) is -0.406. The van der Waals surface area contributed by atoms with Gasteiger partial charge in [0.05, 0.1) is 18.0 Å². The number of benzene rings is 1. The number of aryl methyl sites for hydroxylation is 1. The lowest BCUT2D eigenvalue weighted by atomic mass is 10.2. The maximum Gasteiger partial charge on any atom is 0.309 e. The Kier molecular flexibility index (Phi) is 5.92. The molecule has 9 heteroatoms. The number of carbonyl (C=O) groups is 2. The quantitative estimate of drug-likeness (QED) is 0.715. The number of nitrogens with one attached hydrogen (secondary N) is 2. The lowest BCUT2D eigenvalue weighted by Gasteiger charge is -2.34. The van der Waals surface area contributed by atoms with E-state index < -0.39 is 28.1 Å². The van der Waals surface area contributed by atoms with Gasteiger partial charge in [0.25, 0.3) is 0 Å². The molecule has 1 heterocycles. The topological polar surface area (TPSA) is 105 Å². The third-order valence-electron chi connectivity index (χ3n) is 3.65. The van der Waals surface area contributed by atoms with Gasteiger partial charge in [-0.15, -0.1) is 0 Å². The average Bonchev–Trinajstić information content (AvgIpc) is 2.59. The summed E-state index contributed by atoms with van der Waals surface area (Å²) in [7, 11) is -2.40. The molecule has 24 heavy (non-hydrogen) atoms. The summed E-state index contributed by atoms with van der Waals surface area (Å²) >= 11 is 0. The Morgan fingerprint density at radius 2 is 1.92 bits per heavy atom. The van der Waals surface area contributed by atoms with E-state index in [9.17, 15) is 18.0 Å². The molecule has 1 unspecified atom stereocenters. The van der Waals surface area contributed by atoms with E-state index in [1.165, 1.54) is 11.4 Å². The van der Waals surface area contributed by atoms with Gasteiger partial charge in [0, 0.05) is 13.6 Å². The van der Waals surface area contributed by atoms with Crippen LogP contribution in [0.5, 0.6) is 0 Å². The minimum absolute atomic E-state index is 0.0999. The zero-order valence-electron chi connectivity index (χ0n) is 13.6. The molecule has 1 fully saturated rings. The summed E-state index contributed by atoms with van der Waals surface area (Å²) in [4.78, 5) is 22.9. The Balaban J connectivity index is 2.14. The van der Waals surface area contributed by atoms with Gasteiger partial charge in [-0.25, -0.2) is 8.42 Å². The molecule has 0 bridgehead atoms. The van der Waals surface area contributed by atoms with Crippen LogP contribution in [0.3, 0.4) is 0 Å². The second-order valence-electron chi connectivity index (χ2n) is 5.40. The number of carbonyl (C=O) groups excluding carboxylic acids is 2. The summed E-state index contributed by atoms with van der Waals surface area (Å²) < 4.78 is 32.3. The van der Waals surface area contributed by atoms with Gasteiger partial charge in [-0.05, 0) is 25.5 Å². The zero-order chi connectivity index (χ0) is 17.7. The number of rotatable bonds is 4. The Hall–Kier alpha value is -1.97. The molecule has 1 aliphatic rings. The molecule has 2 N–H and O–H groups in total. The highest BCUT2D eigenvalue weighted by atomic mass is 32.2. The summed E-state index contributed by atoms with van der Waals surface area (Å²) in [5.74, 6) is -1.63. The van der Waals surface area contributed by atoms with Crippen molar-refractivity contribution < 1.29 is 22.7 Å². The van der Waals surface area contributed by atoms with E-state index in [4.69, 9.17) is 4.74 Å². The van der Waals surface area contributed by atoms with E-state index in [2.05, 4.69) is 10.6 Å². The second-order valence-corrected chi connectivity index (χ2v) is 7.29. The van der Waals surface area contributed by atoms with Gasteiger partial charge in [0.2, 0.25) is 10.0 Å². The fourth-order valence-corrected chi connectivity index (χ4v) is 3.89. The van der Waals surface area contributed by atoms with Gasteiger partial charge in [-0.2, -0.15) is 4.31 Å². The van der Waals surface area contributed by atoms with Crippen molar-refractivity contribution in [2.75, 3.05) is 26.7 Å². The fraction of sp³-hybridized carbons (Fsp3) is 0.467. The maximum absolute atomic E-state index is 12.8. The number of amides is 2. The number of ether oxygens (including phenoxy) is 1. The molecule has 1 aliphatic heterocycles. The van der Waals surface area contributed by atoms with Crippen molar-refractivity contribution in [1.29, 1.82) is 0 Å². The molecule has 2 rings (SSSR count). The predicted molar refractivity (Wildman–Crippen MR) is 86.5 cm³/mol. The highest BCUT2D eigenvalue weighted by Gasteiger charge is 2.34. The first kappa shape index (κ1) is 18.4. The van der Waals surface area contributed by atoms with Gasteiger partial charge in [-0.1, -0.05) is 17.7 Å². The largest absolute Gasteiger partial charge is 0.360 e. The molecular formula is C15H21N3O5S. The summed E-state index contributed by atoms with van der Waals surface area (Å²) in [5.41, 5.74) is 0.957. The van der Waals surface area contributed by atoms with Crippen LogP contribution in [-0.4, -0.2) is 57.5 Å². The minimum Gasteiger partial charge on any atom is -0.360 e. The Bertz CT molecular complexity index is 702. The third-order valence-corrected chi connectivity index (χ3v) is 5.56. The van der Waals surface area contributed by atoms with Crippen molar-refractivity contribution in [3.05, 3.63) is 29.8 Å². The van der Waals surface area contributed by atoms with Crippen LogP contribution in [0.2, 0.25) is 0 Å². The van der Waals surface area contributed by atoms with Crippen molar-refractivity contribution in [1.82, 2.24) is 14.9 Å². The number of likely N-dealkylation sites (N-methyl/N-ethyl adjacent to an activating group) is 1. The zero-order valence-corrected chi connectivity index (χ0v) is 14.4. The van der Waals surface area contributed by atoms with Gasteiger partial charge >= 0.3 is 11.8 Å². The van der Waals surface area contributed by atoms with Gasteiger partial charge < -0.3 is 15.4 Å². The van der Waals surface area contributed by atoms with Gasteiger partial charge in [0.15, 0.2) is 0 Å². The van der Waals surface area contributed by atoms with E-state index in [-0.39, 0.29) is 18.0 Å². The summed E-state index contributed by atoms with van der Waals surface area (Å²) in [5, 5.41) is 4.59. The summed E-state index contributed by atoms with van der Waals surface area (Å²) in [6.07, 6.45) is -0.288. The molecule has 0 spiro atoms. The van der Waals surface area contributed by atoms with E-state index >= 15 is 0 Å². The normalized spacial score (nSPS) is 18.8. The van der Waals surface area contributed by atoms with E-state index in [1.54, 1.807) is 24.3 Å². The lowest BCUT2D eigenvalue weighted by molar-refractivity contribution is -0.139. The van der Waals surface area contributed by atoms with Crippen molar-refractivity contribution in [3.8, 4) is 0 Å². The van der Waals surface area contributed by atoms with Crippen LogP contribution in [0.15, 0.2) is 29.2 Å². The van der Waals surface area contributed by atoms with Crippen molar-refractivity contribution in [2.45, 2.75) is 24.5 Å². The first-order valence-electron chi connectivity index (χ1n) is 7.56. The van der Waals surface area contributed by atoms with Crippen LogP contribution in [0.1, 0.15) is 12.0 Å². The second kappa shape index (κ2) is 7.73. The molecule has 1 aromatic rings. The molecule has 2 amide bonds. The van der Waals surface area contributed by atoms with Gasteiger partial charge in [-0.3, -0.25) is 9.59 Å². The van der Waals surface area contributed by atoms with Crippen LogP contribution in [-0.2, 0) is 24.3 Å². The summed E-state index contributed by atoms with van der Waals surface area (Å²) in [6.45, 7) is 2.45. The molecule has 132 valence electrons. The SMILES string of the molecule is CNC(=O)C(=O)NCC1OCCCN1S(=O)(=O)c1ccc(C)cc1. The molecule has 1 atom stereocenters. The molecule has 0 aliphatic carbocycles. The number of nitrogens with zero attached hydrogens (tertiary/aromatic N) is 1. The monoisotopic (exact) mass is 355 g/mol. The van der Waals surface area contributed by atoms with Crippen molar-refractivity contribution in [2.24, 2.45) is 0 Å². The molecular weight excluding hydrogens is 334 g/mol. The standard InChI is InChI=1S/C15H21N3O5S/c1-11-4-6-12(7-5-11)24(21,22)18-8-3-9-23-13(18)10-17-15(20)14(19)16-2/h4-7,13H,3,8-10H2,1-2H3,(H,16,19)(H,17,20). The molecule has 0 radical (unpaired) electrons. The summed E-state index contributed by atoms with van der Waals surface area (Å²) in [6, 6.07) is 6.53. The molecule has 8 nitrogen and oxygen atoms in total. The average molecular weight is 355 g/mol. The van der Waals surface area contributed by atoms with Crippen molar-refractivity contribution in [3.63, 3.8) is 0 Å². The molecule has 1 aromatic carbocycles. The highest BCUT2D eigenvalue weighted by molar-refractivity contribution is 7.89. The van der Waals surface area contributed by atoms with E-state index in [0.717, 1.165) is 5.56 Å². The molecule has 0 saturated carbocycles. The maximum atomic E-state index is 12.8. The Morgan fingerprint density at radius 3 is 2.54 bits per heavy atom. The fourth-order valence-electron chi connectivity index (χ4n) is 2.32. The number of hydrogen-bond acceptors (Lipinski definition) is 5. The first-order chi connectivity index (χ1) is 11.4. The number of hydrogen-bond donors (Lipinski definition) is 2. The number of sulfonamides is 1. The smallest absolute Gasteiger partial charge is 0.309 e.